The van der Waals surface area contributed by atoms with Crippen LogP contribution >= 0.6 is 11.6 Å². The molecule has 4 nitrogen and oxygen atoms in total. The molecule has 0 aliphatic carbocycles. The lowest BCUT2D eigenvalue weighted by Crippen LogP contribution is -2.13. The van der Waals surface area contributed by atoms with Gasteiger partial charge in [-0.05, 0) is 54.1 Å². The number of halogens is 1. The predicted molar refractivity (Wildman–Crippen MR) is 94.4 cm³/mol. The zero-order valence-corrected chi connectivity index (χ0v) is 13.5. The Balaban J connectivity index is 1.73. The standard InChI is InChI=1S/C19H15ClN2O2/c20-15-5-7-16(8-6-15)22-19(23)17-3-1-2-4-18(17)24-13-14-9-11-21-12-10-14/h1-12H,13H2,(H,22,23). The van der Waals surface area contributed by atoms with Crippen molar-refractivity contribution in [3.05, 3.63) is 89.2 Å². The molecule has 120 valence electrons. The summed E-state index contributed by atoms with van der Waals surface area (Å²) < 4.78 is 5.79. The number of hydrogen-bond donors (Lipinski definition) is 1. The van der Waals surface area contributed by atoms with Crippen molar-refractivity contribution in [3.63, 3.8) is 0 Å². The van der Waals surface area contributed by atoms with Crippen molar-refractivity contribution in [2.45, 2.75) is 6.61 Å². The van der Waals surface area contributed by atoms with Crippen LogP contribution in [0.4, 0.5) is 5.69 Å². The fourth-order valence-corrected chi connectivity index (χ4v) is 2.28. The monoisotopic (exact) mass is 338 g/mol. The van der Waals surface area contributed by atoms with Crippen molar-refractivity contribution < 1.29 is 9.53 Å². The Labute approximate surface area is 145 Å². The van der Waals surface area contributed by atoms with Crippen LogP contribution in [0, 0.1) is 0 Å². The third-order valence-electron chi connectivity index (χ3n) is 3.38. The predicted octanol–water partition coefficient (Wildman–Crippen LogP) is 4.57. The summed E-state index contributed by atoms with van der Waals surface area (Å²) in [6.07, 6.45) is 3.41. The smallest absolute Gasteiger partial charge is 0.259 e. The first-order chi connectivity index (χ1) is 11.7. The lowest BCUT2D eigenvalue weighted by atomic mass is 10.1. The summed E-state index contributed by atoms with van der Waals surface area (Å²) in [5, 5.41) is 3.46. The summed E-state index contributed by atoms with van der Waals surface area (Å²) in [5.41, 5.74) is 2.13. The number of benzene rings is 2. The van der Waals surface area contributed by atoms with Crippen molar-refractivity contribution in [3.8, 4) is 5.75 Å². The molecule has 1 N–H and O–H groups in total. The van der Waals surface area contributed by atoms with Gasteiger partial charge < -0.3 is 10.1 Å². The van der Waals surface area contributed by atoms with Gasteiger partial charge in [0.15, 0.2) is 0 Å². The van der Waals surface area contributed by atoms with Gasteiger partial charge in [0.25, 0.3) is 5.91 Å². The second-order valence-corrected chi connectivity index (χ2v) is 5.54. The molecule has 0 unspecified atom stereocenters. The molecular formula is C19H15ClN2O2. The molecule has 2 aromatic carbocycles. The van der Waals surface area contributed by atoms with E-state index < -0.39 is 0 Å². The van der Waals surface area contributed by atoms with Crippen LogP contribution in [0.2, 0.25) is 5.02 Å². The number of rotatable bonds is 5. The largest absolute Gasteiger partial charge is 0.488 e. The number of ether oxygens (including phenoxy) is 1. The number of hydrogen-bond acceptors (Lipinski definition) is 3. The van der Waals surface area contributed by atoms with E-state index in [9.17, 15) is 4.79 Å². The maximum absolute atomic E-state index is 12.5. The highest BCUT2D eigenvalue weighted by Gasteiger charge is 2.12. The molecule has 0 aliphatic rings. The Morgan fingerprint density at radius 1 is 1.00 bits per heavy atom. The Morgan fingerprint density at radius 2 is 1.71 bits per heavy atom. The molecule has 0 saturated heterocycles. The van der Waals surface area contributed by atoms with Gasteiger partial charge in [0.2, 0.25) is 0 Å². The van der Waals surface area contributed by atoms with Gasteiger partial charge in [-0.25, -0.2) is 0 Å². The van der Waals surface area contributed by atoms with Crippen molar-refractivity contribution in [1.82, 2.24) is 4.98 Å². The molecule has 0 radical (unpaired) electrons. The van der Waals surface area contributed by atoms with E-state index in [-0.39, 0.29) is 5.91 Å². The maximum atomic E-state index is 12.5. The topological polar surface area (TPSA) is 51.2 Å². The van der Waals surface area contributed by atoms with E-state index in [0.29, 0.717) is 28.6 Å². The Hall–Kier alpha value is -2.85. The van der Waals surface area contributed by atoms with Gasteiger partial charge in [-0.3, -0.25) is 9.78 Å². The van der Waals surface area contributed by atoms with E-state index >= 15 is 0 Å². The average Bonchev–Trinajstić information content (AvgIpc) is 2.63. The molecule has 1 aromatic heterocycles. The van der Waals surface area contributed by atoms with Crippen LogP contribution in [0.3, 0.4) is 0 Å². The Bertz CT molecular complexity index is 820. The Morgan fingerprint density at radius 3 is 2.46 bits per heavy atom. The van der Waals surface area contributed by atoms with Crippen LogP contribution in [0.25, 0.3) is 0 Å². The molecule has 0 spiro atoms. The summed E-state index contributed by atoms with van der Waals surface area (Å²) >= 11 is 5.85. The van der Waals surface area contributed by atoms with Crippen LogP contribution < -0.4 is 10.1 Å². The van der Waals surface area contributed by atoms with Crippen molar-refractivity contribution in [2.24, 2.45) is 0 Å². The average molecular weight is 339 g/mol. The van der Waals surface area contributed by atoms with E-state index in [4.69, 9.17) is 16.3 Å². The second-order valence-electron chi connectivity index (χ2n) is 5.10. The van der Waals surface area contributed by atoms with Crippen LogP contribution in [0.15, 0.2) is 73.1 Å². The number of para-hydroxylation sites is 1. The van der Waals surface area contributed by atoms with E-state index in [1.807, 2.05) is 18.2 Å². The van der Waals surface area contributed by atoms with Crippen LogP contribution in [0.5, 0.6) is 5.75 Å². The molecule has 3 rings (SSSR count). The number of pyridine rings is 1. The Kier molecular flexibility index (Phi) is 5.08. The number of carbonyl (C=O) groups is 1. The molecular weight excluding hydrogens is 324 g/mol. The molecule has 24 heavy (non-hydrogen) atoms. The van der Waals surface area contributed by atoms with E-state index in [1.54, 1.807) is 54.9 Å². The van der Waals surface area contributed by atoms with Gasteiger partial charge in [-0.2, -0.15) is 0 Å². The van der Waals surface area contributed by atoms with Gasteiger partial charge in [-0.15, -0.1) is 0 Å². The molecule has 0 fully saturated rings. The number of anilines is 1. The number of aromatic nitrogens is 1. The number of carbonyl (C=O) groups excluding carboxylic acids is 1. The van der Waals surface area contributed by atoms with Crippen LogP contribution in [-0.4, -0.2) is 10.9 Å². The fraction of sp³-hybridized carbons (Fsp3) is 0.0526. The minimum Gasteiger partial charge on any atom is -0.488 e. The van der Waals surface area contributed by atoms with Gasteiger partial charge in [-0.1, -0.05) is 23.7 Å². The SMILES string of the molecule is O=C(Nc1ccc(Cl)cc1)c1ccccc1OCc1ccncc1. The summed E-state index contributed by atoms with van der Waals surface area (Å²) in [6, 6.07) is 17.8. The van der Waals surface area contributed by atoms with Crippen molar-refractivity contribution in [1.29, 1.82) is 0 Å². The second kappa shape index (κ2) is 7.62. The highest BCUT2D eigenvalue weighted by atomic mass is 35.5. The summed E-state index contributed by atoms with van der Waals surface area (Å²) in [5.74, 6) is 0.295. The summed E-state index contributed by atoms with van der Waals surface area (Å²) in [6.45, 7) is 0.369. The molecule has 1 heterocycles. The lowest BCUT2D eigenvalue weighted by Gasteiger charge is -2.12. The number of amides is 1. The van der Waals surface area contributed by atoms with Crippen LogP contribution in [-0.2, 0) is 6.61 Å². The normalized spacial score (nSPS) is 10.2. The minimum atomic E-state index is -0.234. The molecule has 1 amide bonds. The fourth-order valence-electron chi connectivity index (χ4n) is 2.15. The maximum Gasteiger partial charge on any atom is 0.259 e. The van der Waals surface area contributed by atoms with Gasteiger partial charge in [0.1, 0.15) is 12.4 Å². The minimum absolute atomic E-state index is 0.234. The van der Waals surface area contributed by atoms with E-state index in [1.165, 1.54) is 0 Å². The van der Waals surface area contributed by atoms with Gasteiger partial charge in [0, 0.05) is 23.1 Å². The number of nitrogens with zero attached hydrogens (tertiary/aromatic N) is 1. The highest BCUT2D eigenvalue weighted by molar-refractivity contribution is 6.30. The molecule has 5 heteroatoms. The third-order valence-corrected chi connectivity index (χ3v) is 3.63. The van der Waals surface area contributed by atoms with E-state index in [2.05, 4.69) is 10.3 Å². The summed E-state index contributed by atoms with van der Waals surface area (Å²) in [4.78, 5) is 16.5. The highest BCUT2D eigenvalue weighted by Crippen LogP contribution is 2.21. The summed E-state index contributed by atoms with van der Waals surface area (Å²) in [7, 11) is 0. The molecule has 0 aliphatic heterocycles. The molecule has 0 atom stereocenters. The zero-order chi connectivity index (χ0) is 16.8. The number of nitrogens with one attached hydrogen (secondary N) is 1. The van der Waals surface area contributed by atoms with Crippen molar-refractivity contribution >= 4 is 23.2 Å². The van der Waals surface area contributed by atoms with Crippen LogP contribution in [0.1, 0.15) is 15.9 Å². The molecule has 3 aromatic rings. The first kappa shape index (κ1) is 16.0. The third kappa shape index (κ3) is 4.12. The quantitative estimate of drug-likeness (QED) is 0.741. The lowest BCUT2D eigenvalue weighted by molar-refractivity contribution is 0.102. The first-order valence-electron chi connectivity index (χ1n) is 7.40. The van der Waals surface area contributed by atoms with E-state index in [0.717, 1.165) is 5.56 Å². The molecule has 0 saturated carbocycles. The van der Waals surface area contributed by atoms with Gasteiger partial charge >= 0.3 is 0 Å². The van der Waals surface area contributed by atoms with Crippen molar-refractivity contribution in [2.75, 3.05) is 5.32 Å². The molecule has 0 bridgehead atoms. The van der Waals surface area contributed by atoms with Gasteiger partial charge in [0.05, 0.1) is 5.56 Å². The first-order valence-corrected chi connectivity index (χ1v) is 7.78. The zero-order valence-electron chi connectivity index (χ0n) is 12.8.